The molecule has 0 unspecified atom stereocenters. The van der Waals surface area contributed by atoms with Gasteiger partial charge in [-0.25, -0.2) is 4.79 Å². The second kappa shape index (κ2) is 8.58. The molecular formula is C14H19NO3S. The van der Waals surface area contributed by atoms with Crippen molar-refractivity contribution in [3.05, 3.63) is 35.9 Å². The van der Waals surface area contributed by atoms with Crippen molar-refractivity contribution in [1.29, 1.82) is 0 Å². The first-order chi connectivity index (χ1) is 9.13. The van der Waals surface area contributed by atoms with E-state index in [0.717, 1.165) is 17.7 Å². The van der Waals surface area contributed by atoms with Crippen LogP contribution in [0.15, 0.2) is 30.3 Å². The SMILES string of the molecule is CCCSCC(=O)N[C@H](Cc1ccccc1)C(=O)O. The number of carboxylic acid groups (broad SMARTS) is 1. The van der Waals surface area contributed by atoms with Crippen molar-refractivity contribution in [2.24, 2.45) is 0 Å². The van der Waals surface area contributed by atoms with Crippen molar-refractivity contribution in [2.75, 3.05) is 11.5 Å². The predicted octanol–water partition coefficient (Wildman–Crippen LogP) is 1.94. The maximum absolute atomic E-state index is 11.6. The van der Waals surface area contributed by atoms with Gasteiger partial charge in [0.2, 0.25) is 5.91 Å². The topological polar surface area (TPSA) is 66.4 Å². The van der Waals surface area contributed by atoms with Crippen LogP contribution in [0, 0.1) is 0 Å². The molecule has 0 spiro atoms. The van der Waals surface area contributed by atoms with Crippen LogP contribution in [0.3, 0.4) is 0 Å². The van der Waals surface area contributed by atoms with E-state index in [0.29, 0.717) is 12.2 Å². The van der Waals surface area contributed by atoms with Crippen molar-refractivity contribution in [2.45, 2.75) is 25.8 Å². The quantitative estimate of drug-likeness (QED) is 0.715. The van der Waals surface area contributed by atoms with E-state index >= 15 is 0 Å². The Morgan fingerprint density at radius 1 is 1.32 bits per heavy atom. The zero-order valence-electron chi connectivity index (χ0n) is 11.0. The molecule has 0 saturated carbocycles. The molecule has 1 aromatic carbocycles. The molecule has 0 aliphatic rings. The van der Waals surface area contributed by atoms with Gasteiger partial charge in [-0.15, -0.1) is 0 Å². The first-order valence-electron chi connectivity index (χ1n) is 6.27. The van der Waals surface area contributed by atoms with E-state index in [1.165, 1.54) is 11.8 Å². The number of thioether (sulfide) groups is 1. The number of hydrogen-bond donors (Lipinski definition) is 2. The third kappa shape index (κ3) is 6.29. The molecule has 1 atom stereocenters. The van der Waals surface area contributed by atoms with Gasteiger partial charge in [0.05, 0.1) is 5.75 Å². The molecule has 0 fully saturated rings. The molecule has 5 heteroatoms. The smallest absolute Gasteiger partial charge is 0.326 e. The second-order valence-electron chi connectivity index (χ2n) is 4.20. The lowest BCUT2D eigenvalue weighted by atomic mass is 10.1. The van der Waals surface area contributed by atoms with Crippen LogP contribution >= 0.6 is 11.8 Å². The lowest BCUT2D eigenvalue weighted by molar-refractivity contribution is -0.141. The zero-order chi connectivity index (χ0) is 14.1. The van der Waals surface area contributed by atoms with Gasteiger partial charge in [0, 0.05) is 6.42 Å². The normalized spacial score (nSPS) is 11.8. The number of nitrogens with one attached hydrogen (secondary N) is 1. The molecule has 2 N–H and O–H groups in total. The molecule has 4 nitrogen and oxygen atoms in total. The highest BCUT2D eigenvalue weighted by atomic mass is 32.2. The van der Waals surface area contributed by atoms with E-state index in [1.807, 2.05) is 37.3 Å². The van der Waals surface area contributed by atoms with Crippen molar-refractivity contribution in [3.8, 4) is 0 Å². The van der Waals surface area contributed by atoms with Gasteiger partial charge in [0.25, 0.3) is 0 Å². The molecule has 1 amide bonds. The number of hydrogen-bond acceptors (Lipinski definition) is 3. The minimum absolute atomic E-state index is 0.221. The molecule has 0 heterocycles. The average molecular weight is 281 g/mol. The average Bonchev–Trinajstić information content (AvgIpc) is 2.39. The fraction of sp³-hybridized carbons (Fsp3) is 0.429. The summed E-state index contributed by atoms with van der Waals surface area (Å²) < 4.78 is 0. The molecule has 19 heavy (non-hydrogen) atoms. The first kappa shape index (κ1) is 15.6. The summed E-state index contributed by atoms with van der Waals surface area (Å²) >= 11 is 1.52. The van der Waals surface area contributed by atoms with E-state index in [1.54, 1.807) is 0 Å². The first-order valence-corrected chi connectivity index (χ1v) is 7.42. The van der Waals surface area contributed by atoms with Crippen LogP contribution in [0.25, 0.3) is 0 Å². The lowest BCUT2D eigenvalue weighted by Gasteiger charge is -2.14. The van der Waals surface area contributed by atoms with Gasteiger partial charge in [0.1, 0.15) is 6.04 Å². The van der Waals surface area contributed by atoms with Crippen molar-refractivity contribution < 1.29 is 14.7 Å². The summed E-state index contributed by atoms with van der Waals surface area (Å²) in [5, 5.41) is 11.7. The Hall–Kier alpha value is -1.49. The van der Waals surface area contributed by atoms with E-state index in [2.05, 4.69) is 5.32 Å². The summed E-state index contributed by atoms with van der Waals surface area (Å²) in [5.74, 6) is -0.00420. The van der Waals surface area contributed by atoms with Crippen LogP contribution in [-0.4, -0.2) is 34.5 Å². The standard InChI is InChI=1S/C14H19NO3S/c1-2-8-19-10-13(16)15-12(14(17)18)9-11-6-4-3-5-7-11/h3-7,12H,2,8-10H2,1H3,(H,15,16)(H,17,18)/t12-/m1/s1. The number of carbonyl (C=O) groups excluding carboxylic acids is 1. The number of carbonyl (C=O) groups is 2. The van der Waals surface area contributed by atoms with Crippen LogP contribution < -0.4 is 5.32 Å². The minimum Gasteiger partial charge on any atom is -0.480 e. The fourth-order valence-corrected chi connectivity index (χ4v) is 2.30. The van der Waals surface area contributed by atoms with E-state index in [4.69, 9.17) is 5.11 Å². The Kier molecular flexibility index (Phi) is 7.03. The van der Waals surface area contributed by atoms with Gasteiger partial charge in [-0.1, -0.05) is 37.3 Å². The number of aliphatic carboxylic acids is 1. The Labute approximate surface area is 117 Å². The van der Waals surface area contributed by atoms with Gasteiger partial charge >= 0.3 is 5.97 Å². The Bertz CT molecular complexity index is 408. The minimum atomic E-state index is -1.00. The number of amides is 1. The van der Waals surface area contributed by atoms with E-state index in [9.17, 15) is 9.59 Å². The largest absolute Gasteiger partial charge is 0.480 e. The summed E-state index contributed by atoms with van der Waals surface area (Å²) in [4.78, 5) is 22.8. The molecule has 104 valence electrons. The third-order valence-corrected chi connectivity index (χ3v) is 3.66. The summed E-state index contributed by atoms with van der Waals surface area (Å²) in [7, 11) is 0. The van der Waals surface area contributed by atoms with Crippen molar-refractivity contribution in [1.82, 2.24) is 5.32 Å². The number of benzene rings is 1. The van der Waals surface area contributed by atoms with Crippen LogP contribution in [0.1, 0.15) is 18.9 Å². The van der Waals surface area contributed by atoms with Gasteiger partial charge in [0.15, 0.2) is 0 Å². The molecule has 0 saturated heterocycles. The zero-order valence-corrected chi connectivity index (χ0v) is 11.8. The Balaban J connectivity index is 2.49. The monoisotopic (exact) mass is 281 g/mol. The van der Waals surface area contributed by atoms with E-state index in [-0.39, 0.29) is 5.91 Å². The molecule has 0 aliphatic heterocycles. The van der Waals surface area contributed by atoms with Gasteiger partial charge in [-0.05, 0) is 17.7 Å². The highest BCUT2D eigenvalue weighted by molar-refractivity contribution is 7.99. The van der Waals surface area contributed by atoms with Crippen LogP contribution in [0.2, 0.25) is 0 Å². The Morgan fingerprint density at radius 2 is 2.00 bits per heavy atom. The van der Waals surface area contributed by atoms with Gasteiger partial charge < -0.3 is 10.4 Å². The lowest BCUT2D eigenvalue weighted by Crippen LogP contribution is -2.43. The maximum Gasteiger partial charge on any atom is 0.326 e. The van der Waals surface area contributed by atoms with Crippen molar-refractivity contribution >= 4 is 23.6 Å². The highest BCUT2D eigenvalue weighted by Gasteiger charge is 2.19. The summed E-state index contributed by atoms with van der Waals surface area (Å²) in [5.41, 5.74) is 0.899. The molecule has 0 aromatic heterocycles. The summed E-state index contributed by atoms with van der Waals surface area (Å²) in [6.45, 7) is 2.04. The molecule has 0 aliphatic carbocycles. The molecule has 1 rings (SSSR count). The Morgan fingerprint density at radius 3 is 2.58 bits per heavy atom. The summed E-state index contributed by atoms with van der Waals surface area (Å²) in [6, 6.07) is 8.43. The van der Waals surface area contributed by atoms with Crippen LogP contribution in [-0.2, 0) is 16.0 Å². The highest BCUT2D eigenvalue weighted by Crippen LogP contribution is 2.05. The molecule has 1 aromatic rings. The molecule has 0 bridgehead atoms. The number of rotatable bonds is 8. The van der Waals surface area contributed by atoms with Gasteiger partial charge in [-0.2, -0.15) is 11.8 Å². The maximum atomic E-state index is 11.6. The third-order valence-electron chi connectivity index (χ3n) is 2.50. The molecular weight excluding hydrogens is 262 g/mol. The van der Waals surface area contributed by atoms with Crippen molar-refractivity contribution in [3.63, 3.8) is 0 Å². The molecule has 0 radical (unpaired) electrons. The van der Waals surface area contributed by atoms with Gasteiger partial charge in [-0.3, -0.25) is 4.79 Å². The van der Waals surface area contributed by atoms with Crippen LogP contribution in [0.4, 0.5) is 0 Å². The van der Waals surface area contributed by atoms with E-state index < -0.39 is 12.0 Å². The summed E-state index contributed by atoms with van der Waals surface area (Å²) in [6.07, 6.45) is 1.31. The fourth-order valence-electron chi connectivity index (χ4n) is 1.60. The number of carboxylic acids is 1. The second-order valence-corrected chi connectivity index (χ2v) is 5.31. The predicted molar refractivity (Wildman–Crippen MR) is 77.3 cm³/mol. The van der Waals surface area contributed by atoms with Crippen LogP contribution in [0.5, 0.6) is 0 Å².